The second-order valence-corrected chi connectivity index (χ2v) is 5.10. The van der Waals surface area contributed by atoms with Crippen molar-refractivity contribution >= 4 is 0 Å². The van der Waals surface area contributed by atoms with Gasteiger partial charge in [0.05, 0.1) is 11.7 Å². The van der Waals surface area contributed by atoms with Crippen molar-refractivity contribution in [1.29, 1.82) is 0 Å². The van der Waals surface area contributed by atoms with Crippen molar-refractivity contribution in [2.75, 3.05) is 6.54 Å². The lowest BCUT2D eigenvalue weighted by Crippen LogP contribution is -2.26. The van der Waals surface area contributed by atoms with E-state index in [-0.39, 0.29) is 6.04 Å². The van der Waals surface area contributed by atoms with Crippen LogP contribution in [0.2, 0.25) is 0 Å². The molecule has 0 saturated carbocycles. The molecule has 1 unspecified atom stereocenters. The summed E-state index contributed by atoms with van der Waals surface area (Å²) in [6, 6.07) is 6.65. The van der Waals surface area contributed by atoms with Gasteiger partial charge in [0.25, 0.3) is 0 Å². The maximum Gasteiger partial charge on any atom is 0.0554 e. The van der Waals surface area contributed by atoms with Crippen molar-refractivity contribution in [2.45, 2.75) is 39.2 Å². The van der Waals surface area contributed by atoms with Crippen LogP contribution in [0.15, 0.2) is 30.6 Å². The van der Waals surface area contributed by atoms with Crippen LogP contribution in [0.5, 0.6) is 0 Å². The summed E-state index contributed by atoms with van der Waals surface area (Å²) in [7, 11) is 1.99. The van der Waals surface area contributed by atoms with E-state index < -0.39 is 0 Å². The van der Waals surface area contributed by atoms with Crippen LogP contribution in [-0.2, 0) is 19.9 Å². The maximum absolute atomic E-state index is 4.57. The summed E-state index contributed by atoms with van der Waals surface area (Å²) in [6.07, 6.45) is 6.88. The minimum absolute atomic E-state index is 0.266. The Bertz CT molecular complexity index is 516. The summed E-state index contributed by atoms with van der Waals surface area (Å²) in [4.78, 5) is 4.57. The lowest BCUT2D eigenvalue weighted by Gasteiger charge is -2.18. The molecular formula is C16H24N4. The Morgan fingerprint density at radius 1 is 1.25 bits per heavy atom. The van der Waals surface area contributed by atoms with Gasteiger partial charge in [0.2, 0.25) is 0 Å². The zero-order valence-electron chi connectivity index (χ0n) is 12.6. The zero-order chi connectivity index (χ0) is 14.4. The van der Waals surface area contributed by atoms with E-state index >= 15 is 0 Å². The lowest BCUT2D eigenvalue weighted by molar-refractivity contribution is 0.489. The van der Waals surface area contributed by atoms with Gasteiger partial charge in [0, 0.05) is 31.6 Å². The third-order valence-corrected chi connectivity index (χ3v) is 3.56. The molecule has 0 radical (unpaired) electrons. The molecule has 0 spiro atoms. The first-order chi connectivity index (χ1) is 9.74. The molecule has 2 heterocycles. The van der Waals surface area contributed by atoms with Gasteiger partial charge in [0.15, 0.2) is 0 Å². The van der Waals surface area contributed by atoms with Crippen molar-refractivity contribution in [3.05, 3.63) is 47.5 Å². The highest BCUT2D eigenvalue weighted by Gasteiger charge is 2.15. The summed E-state index contributed by atoms with van der Waals surface area (Å²) in [6.45, 7) is 5.34. The highest BCUT2D eigenvalue weighted by atomic mass is 15.3. The van der Waals surface area contributed by atoms with Crippen LogP contribution in [0.1, 0.15) is 43.3 Å². The van der Waals surface area contributed by atoms with E-state index in [0.29, 0.717) is 0 Å². The fraction of sp³-hybridized carbons (Fsp3) is 0.500. The molecule has 2 rings (SSSR count). The van der Waals surface area contributed by atoms with Gasteiger partial charge in [-0.05, 0) is 37.1 Å². The van der Waals surface area contributed by atoms with Gasteiger partial charge in [-0.3, -0.25) is 9.67 Å². The molecule has 20 heavy (non-hydrogen) atoms. The topological polar surface area (TPSA) is 42.7 Å². The molecule has 2 aromatic heterocycles. The van der Waals surface area contributed by atoms with Gasteiger partial charge >= 0.3 is 0 Å². The number of aromatic nitrogens is 3. The van der Waals surface area contributed by atoms with Gasteiger partial charge in [-0.15, -0.1) is 0 Å². The van der Waals surface area contributed by atoms with Crippen LogP contribution in [0.3, 0.4) is 0 Å². The molecule has 0 aromatic carbocycles. The average molecular weight is 272 g/mol. The van der Waals surface area contributed by atoms with Crippen molar-refractivity contribution in [2.24, 2.45) is 7.05 Å². The number of hydrogen-bond donors (Lipinski definition) is 1. The van der Waals surface area contributed by atoms with Crippen molar-refractivity contribution in [3.8, 4) is 0 Å². The molecule has 4 nitrogen and oxygen atoms in total. The van der Waals surface area contributed by atoms with Gasteiger partial charge in [0.1, 0.15) is 0 Å². The molecule has 0 aliphatic heterocycles. The predicted octanol–water partition coefficient (Wildman–Crippen LogP) is 2.66. The summed E-state index contributed by atoms with van der Waals surface area (Å²) in [5.41, 5.74) is 3.61. The highest BCUT2D eigenvalue weighted by molar-refractivity contribution is 5.17. The minimum Gasteiger partial charge on any atom is -0.308 e. The van der Waals surface area contributed by atoms with Gasteiger partial charge in [-0.1, -0.05) is 19.9 Å². The standard InChI is InChI=1S/C16H24N4/c1-4-9-17-15(16-8-10-19-20(16)3)11-14-7-6-13(5-2)12-18-14/h6-8,10,12,15,17H,4-5,9,11H2,1-3H3. The third kappa shape index (κ3) is 3.67. The first-order valence-corrected chi connectivity index (χ1v) is 7.39. The fourth-order valence-electron chi connectivity index (χ4n) is 2.32. The Kier molecular flexibility index (Phi) is 5.30. The first kappa shape index (κ1) is 14.7. The number of nitrogens with one attached hydrogen (secondary N) is 1. The lowest BCUT2D eigenvalue weighted by atomic mass is 10.1. The van der Waals surface area contributed by atoms with Crippen molar-refractivity contribution < 1.29 is 0 Å². The smallest absolute Gasteiger partial charge is 0.0554 e. The Morgan fingerprint density at radius 3 is 2.65 bits per heavy atom. The summed E-state index contributed by atoms with van der Waals surface area (Å²) in [5.74, 6) is 0. The first-order valence-electron chi connectivity index (χ1n) is 7.39. The molecular weight excluding hydrogens is 248 g/mol. The monoisotopic (exact) mass is 272 g/mol. The van der Waals surface area contributed by atoms with Crippen molar-refractivity contribution in [3.63, 3.8) is 0 Å². The minimum atomic E-state index is 0.266. The Labute approximate surface area is 121 Å². The average Bonchev–Trinajstić information content (AvgIpc) is 2.90. The number of rotatable bonds is 7. The van der Waals surface area contributed by atoms with E-state index in [1.165, 1.54) is 11.3 Å². The van der Waals surface area contributed by atoms with Crippen LogP contribution >= 0.6 is 0 Å². The van der Waals surface area contributed by atoms with Gasteiger partial charge in [-0.2, -0.15) is 5.10 Å². The molecule has 0 aliphatic rings. The van der Waals surface area contributed by atoms with E-state index in [9.17, 15) is 0 Å². The van der Waals surface area contributed by atoms with E-state index in [1.54, 1.807) is 0 Å². The molecule has 0 saturated heterocycles. The molecule has 1 atom stereocenters. The molecule has 0 bridgehead atoms. The second kappa shape index (κ2) is 7.20. The van der Waals surface area contributed by atoms with Gasteiger partial charge < -0.3 is 5.32 Å². The molecule has 0 amide bonds. The van der Waals surface area contributed by atoms with Crippen LogP contribution in [-0.4, -0.2) is 21.3 Å². The van der Waals surface area contributed by atoms with Crippen LogP contribution in [0.25, 0.3) is 0 Å². The molecule has 0 fully saturated rings. The predicted molar refractivity (Wildman–Crippen MR) is 81.6 cm³/mol. The van der Waals surface area contributed by atoms with E-state index in [2.05, 4.69) is 47.4 Å². The summed E-state index contributed by atoms with van der Waals surface area (Å²) < 4.78 is 1.94. The Morgan fingerprint density at radius 2 is 2.10 bits per heavy atom. The summed E-state index contributed by atoms with van der Waals surface area (Å²) in [5, 5.41) is 7.86. The number of hydrogen-bond acceptors (Lipinski definition) is 3. The SMILES string of the molecule is CCCNC(Cc1ccc(CC)cn1)c1ccnn1C. The summed E-state index contributed by atoms with van der Waals surface area (Å²) >= 11 is 0. The maximum atomic E-state index is 4.57. The fourth-order valence-corrected chi connectivity index (χ4v) is 2.32. The van der Waals surface area contributed by atoms with Crippen LogP contribution in [0, 0.1) is 0 Å². The van der Waals surface area contributed by atoms with E-state index in [4.69, 9.17) is 0 Å². The zero-order valence-corrected chi connectivity index (χ0v) is 12.6. The Hall–Kier alpha value is -1.68. The van der Waals surface area contributed by atoms with Crippen LogP contribution < -0.4 is 5.32 Å². The quantitative estimate of drug-likeness (QED) is 0.842. The van der Waals surface area contributed by atoms with Gasteiger partial charge in [-0.25, -0.2) is 0 Å². The van der Waals surface area contributed by atoms with E-state index in [0.717, 1.165) is 31.5 Å². The number of pyridine rings is 1. The Balaban J connectivity index is 2.12. The molecule has 108 valence electrons. The molecule has 2 aromatic rings. The number of nitrogens with zero attached hydrogens (tertiary/aromatic N) is 3. The molecule has 1 N–H and O–H groups in total. The molecule has 0 aliphatic carbocycles. The molecule has 4 heteroatoms. The van der Waals surface area contributed by atoms with E-state index in [1.807, 2.05) is 24.1 Å². The second-order valence-electron chi connectivity index (χ2n) is 5.10. The highest BCUT2D eigenvalue weighted by Crippen LogP contribution is 2.17. The normalized spacial score (nSPS) is 12.6. The third-order valence-electron chi connectivity index (χ3n) is 3.56. The largest absolute Gasteiger partial charge is 0.308 e. The van der Waals surface area contributed by atoms with Crippen LogP contribution in [0.4, 0.5) is 0 Å². The van der Waals surface area contributed by atoms with Crippen molar-refractivity contribution in [1.82, 2.24) is 20.1 Å². The number of aryl methyl sites for hydroxylation is 2.